The lowest BCUT2D eigenvalue weighted by molar-refractivity contribution is -0.143. The normalized spacial score (nSPS) is 14.1. The van der Waals surface area contributed by atoms with Crippen molar-refractivity contribution >= 4 is 77.9 Å². The second kappa shape index (κ2) is 14.1. The largest absolute Gasteiger partial charge is 0.478 e. The van der Waals surface area contributed by atoms with Crippen molar-refractivity contribution in [3.63, 3.8) is 0 Å². The van der Waals surface area contributed by atoms with Gasteiger partial charge in [-0.2, -0.15) is 16.8 Å². The lowest BCUT2D eigenvalue weighted by Crippen LogP contribution is -2.41. The number of hydrogen-bond donors (Lipinski definition) is 5. The molecule has 276 valence electrons. The summed E-state index contributed by atoms with van der Waals surface area (Å²) in [5.74, 6) is -3.61. The molecule has 1 saturated heterocycles. The number of fused-ring (bicyclic) bond motifs is 2. The van der Waals surface area contributed by atoms with E-state index in [1.165, 1.54) is 47.4 Å². The molecule has 0 saturated carbocycles. The maximum atomic E-state index is 13.5. The minimum absolute atomic E-state index is 0.0413. The van der Waals surface area contributed by atoms with Gasteiger partial charge in [-0.3, -0.25) is 24.1 Å². The Kier molecular flexibility index (Phi) is 10.0. The van der Waals surface area contributed by atoms with E-state index < -0.39 is 70.3 Å². The summed E-state index contributed by atoms with van der Waals surface area (Å²) < 4.78 is 81.3. The predicted molar refractivity (Wildman–Crippen MR) is 190 cm³/mol. The van der Waals surface area contributed by atoms with Crippen molar-refractivity contribution in [2.75, 3.05) is 18.8 Å². The molecule has 0 spiro atoms. The third kappa shape index (κ3) is 7.31. The molecule has 0 unspecified atom stereocenters. The smallest absolute Gasteiger partial charge is 0.336 e. The van der Waals surface area contributed by atoms with Gasteiger partial charge in [0.15, 0.2) is 26.9 Å². The molecule has 0 bridgehead atoms. The topological polar surface area (TPSA) is 256 Å². The number of carbonyl (C=O) groups is 3. The number of aromatic carboxylic acids is 1. The lowest BCUT2D eigenvalue weighted by atomic mass is 9.89. The van der Waals surface area contributed by atoms with Gasteiger partial charge in [-0.25, -0.2) is 4.79 Å². The molecular weight excluding hydrogens is 777 g/mol. The van der Waals surface area contributed by atoms with E-state index in [0.717, 1.165) is 12.1 Å². The molecule has 0 aromatic heterocycles. The number of anilines is 1. The van der Waals surface area contributed by atoms with Crippen LogP contribution in [0.5, 0.6) is 5.75 Å². The van der Waals surface area contributed by atoms with Crippen LogP contribution in [-0.4, -0.2) is 66.9 Å². The monoisotopic (exact) mass is 803 g/mol. The minimum Gasteiger partial charge on any atom is -0.478 e. The maximum Gasteiger partial charge on any atom is 0.336 e. The van der Waals surface area contributed by atoms with Crippen LogP contribution in [0.4, 0.5) is 5.69 Å². The highest BCUT2D eigenvalue weighted by Gasteiger charge is 2.33. The van der Waals surface area contributed by atoms with Crippen LogP contribution in [0.3, 0.4) is 0 Å². The first-order valence-electron chi connectivity index (χ1n) is 15.5. The van der Waals surface area contributed by atoms with Crippen molar-refractivity contribution in [3.05, 3.63) is 87.2 Å². The van der Waals surface area contributed by atoms with Crippen molar-refractivity contribution in [1.82, 2.24) is 4.90 Å². The van der Waals surface area contributed by atoms with Gasteiger partial charge in [0.1, 0.15) is 0 Å². The van der Waals surface area contributed by atoms with E-state index in [9.17, 15) is 45.4 Å². The molecule has 15 nitrogen and oxygen atoms in total. The molecule has 1 amide bonds. The van der Waals surface area contributed by atoms with E-state index in [0.29, 0.717) is 5.56 Å². The van der Waals surface area contributed by atoms with Crippen molar-refractivity contribution in [3.8, 4) is 28.2 Å². The van der Waals surface area contributed by atoms with E-state index in [2.05, 4.69) is 0 Å². The molecule has 1 aliphatic carbocycles. The number of likely N-dealkylation sites (tertiary alicyclic amines) is 1. The summed E-state index contributed by atoms with van der Waals surface area (Å²) in [4.78, 5) is 38.5. The zero-order valence-corrected chi connectivity index (χ0v) is 30.1. The lowest BCUT2D eigenvalue weighted by Gasteiger charge is -2.31. The number of nitrogens with two attached hydrogens (primary N) is 1. The van der Waals surface area contributed by atoms with Crippen LogP contribution in [0.2, 0.25) is 10.0 Å². The molecule has 3 aliphatic rings. The SMILES string of the molecule is N=c1ccc2c(-c3cc(CC(=O)N4CCC(C(=O)Oc5c(Cl)cccc5Cl)CC4)ccc3C(=O)O)c3ccc(N)c(S(=O)(=O)O)c3oc-2c1S(=O)(=O)O. The molecule has 19 heteroatoms. The van der Waals surface area contributed by atoms with Crippen molar-refractivity contribution in [2.24, 2.45) is 5.92 Å². The summed E-state index contributed by atoms with van der Waals surface area (Å²) in [5.41, 5.74) is 4.21. The number of rotatable bonds is 8. The Hall–Kier alpha value is -5.04. The Morgan fingerprint density at radius 2 is 1.55 bits per heavy atom. The molecule has 0 atom stereocenters. The highest BCUT2D eigenvalue weighted by atomic mass is 35.5. The fraction of sp³-hybridized carbons (Fsp3) is 0.176. The van der Waals surface area contributed by atoms with Gasteiger partial charge in [0.2, 0.25) is 5.91 Å². The Bertz CT molecular complexity index is 2600. The van der Waals surface area contributed by atoms with E-state index in [1.54, 1.807) is 6.07 Å². The molecule has 3 aromatic carbocycles. The summed E-state index contributed by atoms with van der Waals surface area (Å²) in [5, 5.41) is 17.8. The van der Waals surface area contributed by atoms with Gasteiger partial charge < -0.3 is 24.9 Å². The van der Waals surface area contributed by atoms with Crippen LogP contribution in [0.15, 0.2) is 74.9 Å². The van der Waals surface area contributed by atoms with Gasteiger partial charge in [-0.15, -0.1) is 0 Å². The quantitative estimate of drug-likeness (QED) is 0.0448. The standard InChI is InChI=1S/C34H27Cl2N3O12S2/c35-22-2-1-3-23(36)30(22)51-34(43)17-10-12-39(13-11-17)26(40)15-16-4-5-18(33(41)42)21(14-16)27-19-6-8-24(37)31(52(44,45)46)28(19)50-29-20(27)7-9-25(38)32(29)53(47,48)49/h1-9,14,17,37H,10-13,15,38H2,(H,41,42)(H,44,45,46)(H,47,48,49). The molecule has 3 aromatic rings. The van der Waals surface area contributed by atoms with Crippen molar-refractivity contribution in [2.45, 2.75) is 29.1 Å². The fourth-order valence-corrected chi connectivity index (χ4v) is 8.26. The fourth-order valence-electron chi connectivity index (χ4n) is 6.31. The average molecular weight is 805 g/mol. The summed E-state index contributed by atoms with van der Waals surface area (Å²) in [6, 6.07) is 13.2. The zero-order chi connectivity index (χ0) is 38.6. The molecule has 1 fully saturated rings. The Morgan fingerprint density at radius 1 is 0.906 bits per heavy atom. The number of nitrogens with one attached hydrogen (secondary N) is 1. The van der Waals surface area contributed by atoms with Gasteiger partial charge in [0, 0.05) is 29.6 Å². The van der Waals surface area contributed by atoms with Crippen LogP contribution in [0.1, 0.15) is 28.8 Å². The minimum atomic E-state index is -5.21. The first-order valence-corrected chi connectivity index (χ1v) is 19.1. The molecule has 0 radical (unpaired) electrons. The number of benzene rings is 4. The van der Waals surface area contributed by atoms with Crippen LogP contribution in [0, 0.1) is 11.3 Å². The number of nitrogens with zero attached hydrogens (tertiary/aromatic N) is 1. The van der Waals surface area contributed by atoms with Crippen molar-refractivity contribution in [1.29, 1.82) is 5.41 Å². The number of ether oxygens (including phenoxy) is 1. The maximum absolute atomic E-state index is 13.5. The number of piperidine rings is 1. The molecule has 2 heterocycles. The van der Waals surface area contributed by atoms with Gasteiger partial charge >= 0.3 is 11.9 Å². The van der Waals surface area contributed by atoms with Gasteiger partial charge in [0.05, 0.1) is 39.0 Å². The highest BCUT2D eigenvalue weighted by Crippen LogP contribution is 2.46. The van der Waals surface area contributed by atoms with E-state index in [-0.39, 0.29) is 81.7 Å². The van der Waals surface area contributed by atoms with E-state index in [1.807, 2.05) is 0 Å². The molecule has 2 aliphatic heterocycles. The molecule has 53 heavy (non-hydrogen) atoms. The second-order valence-electron chi connectivity index (χ2n) is 12.1. The third-order valence-corrected chi connectivity index (χ3v) is 11.2. The van der Waals surface area contributed by atoms with Crippen LogP contribution >= 0.6 is 23.2 Å². The average Bonchev–Trinajstić information content (AvgIpc) is 3.07. The van der Waals surface area contributed by atoms with Crippen LogP contribution in [-0.2, 0) is 36.2 Å². The number of carboxylic acid groups (broad SMARTS) is 1. The first kappa shape index (κ1) is 37.7. The number of para-hydroxylation sites is 1. The number of carboxylic acids is 1. The van der Waals surface area contributed by atoms with E-state index >= 15 is 0 Å². The number of halogens is 2. The molecule has 6 N–H and O–H groups in total. The number of esters is 1. The number of hydrogen-bond acceptors (Lipinski definition) is 11. The highest BCUT2D eigenvalue weighted by molar-refractivity contribution is 7.86. The number of amides is 1. The Morgan fingerprint density at radius 3 is 2.15 bits per heavy atom. The summed E-state index contributed by atoms with van der Waals surface area (Å²) in [7, 11) is -10.4. The molecular formula is C34H27Cl2N3O12S2. The molecule has 6 rings (SSSR count). The Balaban J connectivity index is 1.39. The van der Waals surface area contributed by atoms with E-state index in [4.69, 9.17) is 43.5 Å². The number of nitrogen functional groups attached to an aromatic ring is 1. The van der Waals surface area contributed by atoms with Crippen LogP contribution in [0.25, 0.3) is 33.4 Å². The second-order valence-corrected chi connectivity index (χ2v) is 15.6. The summed E-state index contributed by atoms with van der Waals surface area (Å²) in [6.07, 6.45) is 0.296. The van der Waals surface area contributed by atoms with Gasteiger partial charge in [-0.1, -0.05) is 35.3 Å². The Labute approximate surface area is 310 Å². The predicted octanol–water partition coefficient (Wildman–Crippen LogP) is 5.15. The number of carbonyl (C=O) groups excluding carboxylic acids is 2. The summed E-state index contributed by atoms with van der Waals surface area (Å²) >= 11 is 12.2. The van der Waals surface area contributed by atoms with Gasteiger partial charge in [-0.05, 0) is 72.5 Å². The zero-order valence-electron chi connectivity index (χ0n) is 27.0. The first-order chi connectivity index (χ1) is 24.9. The van der Waals surface area contributed by atoms with Gasteiger partial charge in [0.25, 0.3) is 20.2 Å². The van der Waals surface area contributed by atoms with Crippen molar-refractivity contribution < 1.29 is 54.6 Å². The summed E-state index contributed by atoms with van der Waals surface area (Å²) in [6.45, 7) is 0.385. The third-order valence-electron chi connectivity index (χ3n) is 8.76. The van der Waals surface area contributed by atoms with Crippen LogP contribution < -0.4 is 15.8 Å².